The van der Waals surface area contributed by atoms with E-state index in [-0.39, 0.29) is 0 Å². The molecule has 0 aliphatic carbocycles. The van der Waals surface area contributed by atoms with Crippen molar-refractivity contribution in [2.75, 3.05) is 7.11 Å². The number of nitrogens with zero attached hydrogens (tertiary/aromatic N) is 1. The number of aromatic amines is 1. The van der Waals surface area contributed by atoms with Gasteiger partial charge in [0.25, 0.3) is 0 Å². The molecule has 1 atom stereocenters. The number of hydrogen-bond acceptors (Lipinski definition) is 4. The smallest absolute Gasteiger partial charge is 0.342 e. The van der Waals surface area contributed by atoms with E-state index in [1.54, 1.807) is 18.3 Å². The van der Waals surface area contributed by atoms with Gasteiger partial charge in [0, 0.05) is 23.3 Å². The topological polar surface area (TPSA) is 75.2 Å². The van der Waals surface area contributed by atoms with Crippen molar-refractivity contribution in [3.05, 3.63) is 53.9 Å². The van der Waals surface area contributed by atoms with Crippen molar-refractivity contribution in [1.29, 1.82) is 0 Å². The third-order valence-corrected chi connectivity index (χ3v) is 4.34. The molecule has 1 unspecified atom stereocenters. The minimum Gasteiger partial charge on any atom is -0.467 e. The zero-order valence-electron chi connectivity index (χ0n) is 14.0. The quantitative estimate of drug-likeness (QED) is 0.723. The highest BCUT2D eigenvalue weighted by Crippen LogP contribution is 2.29. The lowest BCUT2D eigenvalue weighted by molar-refractivity contribution is -0.161. The summed E-state index contributed by atoms with van der Waals surface area (Å²) < 4.78 is 4.69. The molecule has 0 saturated carbocycles. The standard InChI is InChI=1S/C19H20N2O3/c1-4-12-10-20-17-16(12)9-14(11-21-17)13-6-5-7-15(8-13)19(2,23)18(22)24-3/h5-11,23H,4H2,1-3H3,(H,20,21). The zero-order valence-corrected chi connectivity index (χ0v) is 14.0. The highest BCUT2D eigenvalue weighted by atomic mass is 16.5. The van der Waals surface area contributed by atoms with E-state index in [1.807, 2.05) is 18.3 Å². The minimum absolute atomic E-state index is 0.483. The molecule has 0 fully saturated rings. The fraction of sp³-hybridized carbons (Fsp3) is 0.263. The Morgan fingerprint density at radius 3 is 2.83 bits per heavy atom. The Balaban J connectivity index is 2.07. The first-order valence-electron chi connectivity index (χ1n) is 7.85. The van der Waals surface area contributed by atoms with Crippen LogP contribution in [0.2, 0.25) is 0 Å². The van der Waals surface area contributed by atoms with Crippen molar-refractivity contribution in [2.45, 2.75) is 25.9 Å². The summed E-state index contributed by atoms with van der Waals surface area (Å²) in [7, 11) is 1.26. The minimum atomic E-state index is -1.69. The zero-order chi connectivity index (χ0) is 17.3. The molecule has 0 spiro atoms. The van der Waals surface area contributed by atoms with Gasteiger partial charge in [-0.2, -0.15) is 0 Å². The average molecular weight is 324 g/mol. The highest BCUT2D eigenvalue weighted by molar-refractivity contribution is 5.85. The molecule has 3 aromatic rings. The molecule has 0 amide bonds. The summed E-state index contributed by atoms with van der Waals surface area (Å²) >= 11 is 0. The van der Waals surface area contributed by atoms with Crippen LogP contribution in [0.1, 0.15) is 25.0 Å². The van der Waals surface area contributed by atoms with Crippen molar-refractivity contribution in [3.8, 4) is 11.1 Å². The predicted molar refractivity (Wildman–Crippen MR) is 92.5 cm³/mol. The first kappa shape index (κ1) is 16.2. The number of pyridine rings is 1. The molecule has 3 rings (SSSR count). The van der Waals surface area contributed by atoms with Crippen molar-refractivity contribution in [2.24, 2.45) is 0 Å². The normalized spacial score (nSPS) is 13.7. The van der Waals surface area contributed by atoms with Crippen molar-refractivity contribution in [1.82, 2.24) is 9.97 Å². The molecule has 124 valence electrons. The maximum atomic E-state index is 11.8. The van der Waals surface area contributed by atoms with E-state index in [0.717, 1.165) is 28.6 Å². The van der Waals surface area contributed by atoms with Gasteiger partial charge in [-0.1, -0.05) is 25.1 Å². The van der Waals surface area contributed by atoms with Crippen LogP contribution in [0.3, 0.4) is 0 Å². The second-order valence-electron chi connectivity index (χ2n) is 5.93. The number of ether oxygens (including phenoxy) is 1. The van der Waals surface area contributed by atoms with Crippen LogP contribution in [-0.4, -0.2) is 28.2 Å². The Hall–Kier alpha value is -2.66. The van der Waals surface area contributed by atoms with Crippen molar-refractivity contribution >= 4 is 17.0 Å². The van der Waals surface area contributed by atoms with Crippen LogP contribution in [0.15, 0.2) is 42.7 Å². The lowest BCUT2D eigenvalue weighted by Crippen LogP contribution is -2.33. The van der Waals surface area contributed by atoms with Crippen LogP contribution < -0.4 is 0 Å². The lowest BCUT2D eigenvalue weighted by atomic mass is 9.93. The summed E-state index contributed by atoms with van der Waals surface area (Å²) in [5.74, 6) is -0.688. The van der Waals surface area contributed by atoms with Crippen LogP contribution in [0.25, 0.3) is 22.2 Å². The number of rotatable bonds is 4. The number of aliphatic hydroxyl groups is 1. The van der Waals surface area contributed by atoms with E-state index in [1.165, 1.54) is 19.6 Å². The van der Waals surface area contributed by atoms with E-state index in [9.17, 15) is 9.90 Å². The predicted octanol–water partition coefficient (Wildman–Crippen LogP) is 3.17. The van der Waals surface area contributed by atoms with Gasteiger partial charge in [0.05, 0.1) is 7.11 Å². The van der Waals surface area contributed by atoms with E-state index >= 15 is 0 Å². The Morgan fingerprint density at radius 2 is 2.12 bits per heavy atom. The summed E-state index contributed by atoms with van der Waals surface area (Å²) in [5, 5.41) is 11.5. The van der Waals surface area contributed by atoms with Gasteiger partial charge in [0.2, 0.25) is 0 Å². The lowest BCUT2D eigenvalue weighted by Gasteiger charge is -2.21. The molecular weight excluding hydrogens is 304 g/mol. The molecule has 5 heteroatoms. The number of methoxy groups -OCH3 is 1. The van der Waals surface area contributed by atoms with Gasteiger partial charge in [0.15, 0.2) is 5.60 Å². The number of aryl methyl sites for hydroxylation is 1. The number of benzene rings is 1. The number of H-pyrrole nitrogens is 1. The fourth-order valence-corrected chi connectivity index (χ4v) is 2.83. The van der Waals surface area contributed by atoms with Crippen LogP contribution in [0, 0.1) is 0 Å². The number of esters is 1. The first-order valence-corrected chi connectivity index (χ1v) is 7.85. The van der Waals surface area contributed by atoms with Crippen molar-refractivity contribution < 1.29 is 14.6 Å². The van der Waals surface area contributed by atoms with Gasteiger partial charge >= 0.3 is 5.97 Å². The van der Waals surface area contributed by atoms with Crippen molar-refractivity contribution in [3.63, 3.8) is 0 Å². The molecule has 0 bridgehead atoms. The molecular formula is C19H20N2O3. The third kappa shape index (κ3) is 2.67. The molecule has 0 aliphatic heterocycles. The molecule has 2 aromatic heterocycles. The second kappa shape index (κ2) is 6.09. The van der Waals surface area contributed by atoms with Gasteiger partial charge in [-0.15, -0.1) is 0 Å². The van der Waals surface area contributed by atoms with Gasteiger partial charge in [-0.25, -0.2) is 9.78 Å². The van der Waals surface area contributed by atoms with Gasteiger partial charge in [0.1, 0.15) is 5.65 Å². The number of hydrogen-bond donors (Lipinski definition) is 2. The molecule has 0 radical (unpaired) electrons. The molecule has 0 saturated heterocycles. The van der Waals surface area contributed by atoms with E-state index in [2.05, 4.69) is 27.7 Å². The monoisotopic (exact) mass is 324 g/mol. The molecule has 5 nitrogen and oxygen atoms in total. The van der Waals surface area contributed by atoms with Crippen LogP contribution in [-0.2, 0) is 21.6 Å². The Labute approximate surface area is 140 Å². The van der Waals surface area contributed by atoms with Crippen LogP contribution in [0.5, 0.6) is 0 Å². The summed E-state index contributed by atoms with van der Waals surface area (Å²) in [6.45, 7) is 3.53. The Bertz CT molecular complexity index is 897. The summed E-state index contributed by atoms with van der Waals surface area (Å²) in [4.78, 5) is 19.4. The van der Waals surface area contributed by atoms with E-state index in [4.69, 9.17) is 0 Å². The van der Waals surface area contributed by atoms with E-state index in [0.29, 0.717) is 5.56 Å². The molecule has 24 heavy (non-hydrogen) atoms. The van der Waals surface area contributed by atoms with Crippen LogP contribution >= 0.6 is 0 Å². The third-order valence-electron chi connectivity index (χ3n) is 4.34. The largest absolute Gasteiger partial charge is 0.467 e. The average Bonchev–Trinajstić information content (AvgIpc) is 3.03. The number of carbonyl (C=O) groups excluding carboxylic acids is 1. The molecule has 1 aromatic carbocycles. The maximum Gasteiger partial charge on any atom is 0.342 e. The summed E-state index contributed by atoms with van der Waals surface area (Å²) in [6.07, 6.45) is 4.67. The number of nitrogens with one attached hydrogen (secondary N) is 1. The molecule has 2 N–H and O–H groups in total. The number of carbonyl (C=O) groups is 1. The second-order valence-corrected chi connectivity index (χ2v) is 5.93. The maximum absolute atomic E-state index is 11.8. The summed E-state index contributed by atoms with van der Waals surface area (Å²) in [5.41, 5.74) is 2.67. The van der Waals surface area contributed by atoms with E-state index < -0.39 is 11.6 Å². The van der Waals surface area contributed by atoms with Crippen LogP contribution in [0.4, 0.5) is 0 Å². The number of fused-ring (bicyclic) bond motifs is 1. The molecule has 0 aliphatic rings. The SMILES string of the molecule is CCc1c[nH]c2ncc(-c3cccc(C(C)(O)C(=O)OC)c3)cc12. The molecule has 2 heterocycles. The Morgan fingerprint density at radius 1 is 1.33 bits per heavy atom. The number of aromatic nitrogens is 2. The van der Waals surface area contributed by atoms with Gasteiger partial charge in [-0.3, -0.25) is 0 Å². The summed E-state index contributed by atoms with van der Waals surface area (Å²) in [6, 6.07) is 9.31. The first-order chi connectivity index (χ1) is 11.5. The van der Waals surface area contributed by atoms with Gasteiger partial charge < -0.3 is 14.8 Å². The highest BCUT2D eigenvalue weighted by Gasteiger charge is 2.33. The Kier molecular flexibility index (Phi) is 4.11. The fourth-order valence-electron chi connectivity index (χ4n) is 2.83. The van der Waals surface area contributed by atoms with Gasteiger partial charge in [-0.05, 0) is 42.2 Å².